The van der Waals surface area contributed by atoms with Crippen molar-refractivity contribution >= 4 is 23.2 Å². The molecule has 7 heteroatoms. The molecule has 0 saturated heterocycles. The molecule has 0 radical (unpaired) electrons. The van der Waals surface area contributed by atoms with Gasteiger partial charge in [0.15, 0.2) is 5.82 Å². The molecule has 1 amide bonds. The van der Waals surface area contributed by atoms with Crippen molar-refractivity contribution in [3.8, 4) is 17.1 Å². The topological polar surface area (TPSA) is 77.0 Å². The number of halogens is 1. The fourth-order valence-corrected chi connectivity index (χ4v) is 2.45. The number of rotatable bonds is 5. The van der Waals surface area contributed by atoms with Gasteiger partial charge < -0.3 is 10.1 Å². The molecule has 2 heterocycles. The van der Waals surface area contributed by atoms with Gasteiger partial charge in [0.1, 0.15) is 5.75 Å². The molecule has 1 N–H and O–H groups in total. The molecular weight excluding hydrogens is 340 g/mol. The number of hydrogen-bond acceptors (Lipinski definition) is 5. The Balaban J connectivity index is 1.65. The van der Waals surface area contributed by atoms with Gasteiger partial charge in [0.2, 0.25) is 5.91 Å². The fourth-order valence-electron chi connectivity index (χ4n) is 2.21. The van der Waals surface area contributed by atoms with Gasteiger partial charge >= 0.3 is 0 Å². The highest BCUT2D eigenvalue weighted by Gasteiger charge is 2.09. The number of benzene rings is 1. The van der Waals surface area contributed by atoms with Crippen LogP contribution in [-0.4, -0.2) is 28.0 Å². The van der Waals surface area contributed by atoms with E-state index in [0.717, 1.165) is 5.56 Å². The van der Waals surface area contributed by atoms with Crippen molar-refractivity contribution in [2.75, 3.05) is 12.4 Å². The first-order valence-electron chi connectivity index (χ1n) is 7.50. The predicted octanol–water partition coefficient (Wildman–Crippen LogP) is 3.38. The van der Waals surface area contributed by atoms with Crippen LogP contribution in [0.4, 0.5) is 5.69 Å². The Labute approximate surface area is 149 Å². The molecule has 0 unspecified atom stereocenters. The van der Waals surface area contributed by atoms with Crippen LogP contribution in [0, 0.1) is 0 Å². The molecule has 25 heavy (non-hydrogen) atoms. The highest BCUT2D eigenvalue weighted by molar-refractivity contribution is 6.31. The minimum atomic E-state index is -0.204. The quantitative estimate of drug-likeness (QED) is 0.760. The standard InChI is InChI=1S/C18H15ClN4O2/c1-25-15-5-4-12(16(19)8-15)7-17(24)23-14-10-21-18(22-11-14)13-3-2-6-20-9-13/h2-6,8-11H,7H2,1H3,(H,23,24). The summed E-state index contributed by atoms with van der Waals surface area (Å²) in [5.41, 5.74) is 2.04. The van der Waals surface area contributed by atoms with Crippen molar-refractivity contribution in [3.05, 3.63) is 65.7 Å². The summed E-state index contributed by atoms with van der Waals surface area (Å²) in [4.78, 5) is 24.7. The van der Waals surface area contributed by atoms with E-state index in [2.05, 4.69) is 20.3 Å². The summed E-state index contributed by atoms with van der Waals surface area (Å²) >= 11 is 6.15. The van der Waals surface area contributed by atoms with Crippen LogP contribution in [0.2, 0.25) is 5.02 Å². The first-order valence-corrected chi connectivity index (χ1v) is 7.88. The summed E-state index contributed by atoms with van der Waals surface area (Å²) in [6.07, 6.45) is 6.63. The molecule has 0 atom stereocenters. The first kappa shape index (κ1) is 16.9. The van der Waals surface area contributed by atoms with Crippen molar-refractivity contribution in [2.45, 2.75) is 6.42 Å². The van der Waals surface area contributed by atoms with Gasteiger partial charge in [0, 0.05) is 23.0 Å². The van der Waals surface area contributed by atoms with Crippen molar-refractivity contribution in [3.63, 3.8) is 0 Å². The SMILES string of the molecule is COc1ccc(CC(=O)Nc2cnc(-c3cccnc3)nc2)c(Cl)c1. The van der Waals surface area contributed by atoms with Crippen LogP contribution in [0.3, 0.4) is 0 Å². The van der Waals surface area contributed by atoms with Crippen molar-refractivity contribution in [2.24, 2.45) is 0 Å². The summed E-state index contributed by atoms with van der Waals surface area (Å²) in [5.74, 6) is 0.989. The van der Waals surface area contributed by atoms with Gasteiger partial charge in [-0.25, -0.2) is 9.97 Å². The number of hydrogen-bond donors (Lipinski definition) is 1. The summed E-state index contributed by atoms with van der Waals surface area (Å²) in [6.45, 7) is 0. The number of methoxy groups -OCH3 is 1. The molecule has 0 fully saturated rings. The lowest BCUT2D eigenvalue weighted by atomic mass is 10.1. The molecule has 3 aromatic rings. The van der Waals surface area contributed by atoms with E-state index < -0.39 is 0 Å². The number of nitrogens with one attached hydrogen (secondary N) is 1. The lowest BCUT2D eigenvalue weighted by Crippen LogP contribution is -2.15. The number of carbonyl (C=O) groups is 1. The van der Waals surface area contributed by atoms with E-state index in [-0.39, 0.29) is 12.3 Å². The monoisotopic (exact) mass is 354 g/mol. The molecule has 1 aromatic carbocycles. The van der Waals surface area contributed by atoms with Crippen molar-refractivity contribution in [1.82, 2.24) is 15.0 Å². The third-order valence-electron chi connectivity index (χ3n) is 3.47. The van der Waals surface area contributed by atoms with E-state index in [1.54, 1.807) is 50.1 Å². The van der Waals surface area contributed by atoms with E-state index in [4.69, 9.17) is 16.3 Å². The summed E-state index contributed by atoms with van der Waals surface area (Å²) in [6, 6.07) is 8.89. The Hall–Kier alpha value is -2.99. The Kier molecular flexibility index (Phi) is 5.20. The van der Waals surface area contributed by atoms with E-state index in [1.807, 2.05) is 12.1 Å². The zero-order valence-electron chi connectivity index (χ0n) is 13.4. The van der Waals surface area contributed by atoms with Gasteiger partial charge in [-0.05, 0) is 29.8 Å². The summed E-state index contributed by atoms with van der Waals surface area (Å²) in [5, 5.41) is 3.24. The minimum absolute atomic E-state index is 0.146. The number of anilines is 1. The first-order chi connectivity index (χ1) is 12.2. The van der Waals surface area contributed by atoms with E-state index >= 15 is 0 Å². The zero-order chi connectivity index (χ0) is 17.6. The highest BCUT2D eigenvalue weighted by atomic mass is 35.5. The van der Waals surface area contributed by atoms with Crippen LogP contribution >= 0.6 is 11.6 Å². The third-order valence-corrected chi connectivity index (χ3v) is 3.82. The van der Waals surface area contributed by atoms with Crippen LogP contribution in [-0.2, 0) is 11.2 Å². The highest BCUT2D eigenvalue weighted by Crippen LogP contribution is 2.23. The molecule has 0 aliphatic rings. The normalized spacial score (nSPS) is 10.3. The van der Waals surface area contributed by atoms with E-state index in [9.17, 15) is 4.79 Å². The van der Waals surface area contributed by atoms with Gasteiger partial charge in [-0.2, -0.15) is 0 Å². The largest absolute Gasteiger partial charge is 0.497 e. The molecule has 0 saturated carbocycles. The van der Waals surface area contributed by atoms with Gasteiger partial charge in [0.25, 0.3) is 0 Å². The lowest BCUT2D eigenvalue weighted by Gasteiger charge is -2.08. The third kappa shape index (κ3) is 4.30. The molecule has 2 aromatic heterocycles. The Bertz CT molecular complexity index is 870. The number of amides is 1. The average molecular weight is 355 g/mol. The Morgan fingerprint density at radius 1 is 1.20 bits per heavy atom. The number of pyridine rings is 1. The molecule has 0 aliphatic heterocycles. The van der Waals surface area contributed by atoms with E-state index in [1.165, 1.54) is 0 Å². The molecule has 126 valence electrons. The molecule has 0 bridgehead atoms. The van der Waals surface area contributed by atoms with Gasteiger partial charge in [-0.3, -0.25) is 9.78 Å². The predicted molar refractivity (Wildman–Crippen MR) is 95.6 cm³/mol. The van der Waals surface area contributed by atoms with Crippen molar-refractivity contribution < 1.29 is 9.53 Å². The molecule has 0 spiro atoms. The van der Waals surface area contributed by atoms with E-state index in [0.29, 0.717) is 27.8 Å². The van der Waals surface area contributed by atoms with Crippen LogP contribution in [0.25, 0.3) is 11.4 Å². The maximum atomic E-state index is 12.2. The average Bonchev–Trinajstić information content (AvgIpc) is 2.64. The maximum absolute atomic E-state index is 12.2. The number of ether oxygens (including phenoxy) is 1. The van der Waals surface area contributed by atoms with Crippen molar-refractivity contribution in [1.29, 1.82) is 0 Å². The minimum Gasteiger partial charge on any atom is -0.497 e. The maximum Gasteiger partial charge on any atom is 0.228 e. The van der Waals surface area contributed by atoms with Gasteiger partial charge in [-0.1, -0.05) is 17.7 Å². The number of nitrogens with zero attached hydrogens (tertiary/aromatic N) is 3. The number of carbonyl (C=O) groups excluding carboxylic acids is 1. The number of aromatic nitrogens is 3. The molecule has 0 aliphatic carbocycles. The Morgan fingerprint density at radius 2 is 2.00 bits per heavy atom. The molecular formula is C18H15ClN4O2. The second-order valence-corrected chi connectivity index (χ2v) is 5.63. The smallest absolute Gasteiger partial charge is 0.228 e. The summed E-state index contributed by atoms with van der Waals surface area (Å²) in [7, 11) is 1.56. The van der Waals surface area contributed by atoms with Gasteiger partial charge in [0.05, 0.1) is 31.6 Å². The zero-order valence-corrected chi connectivity index (χ0v) is 14.2. The van der Waals surface area contributed by atoms with Gasteiger partial charge in [-0.15, -0.1) is 0 Å². The molecule has 3 rings (SSSR count). The second-order valence-electron chi connectivity index (χ2n) is 5.22. The van der Waals surface area contributed by atoms with Crippen LogP contribution in [0.15, 0.2) is 55.1 Å². The van der Waals surface area contributed by atoms with Crippen LogP contribution in [0.1, 0.15) is 5.56 Å². The van der Waals surface area contributed by atoms with Crippen LogP contribution < -0.4 is 10.1 Å². The Morgan fingerprint density at radius 3 is 2.64 bits per heavy atom. The second kappa shape index (κ2) is 7.72. The van der Waals surface area contributed by atoms with Crippen LogP contribution in [0.5, 0.6) is 5.75 Å². The summed E-state index contributed by atoms with van der Waals surface area (Å²) < 4.78 is 5.09. The lowest BCUT2D eigenvalue weighted by molar-refractivity contribution is -0.115. The molecule has 6 nitrogen and oxygen atoms in total. The fraction of sp³-hybridized carbons (Fsp3) is 0.111.